The molecule has 11 heteroatoms. The summed E-state index contributed by atoms with van der Waals surface area (Å²) in [6, 6.07) is -1.39. The van der Waals surface area contributed by atoms with Gasteiger partial charge in [-0.2, -0.15) is 0 Å². The van der Waals surface area contributed by atoms with Crippen molar-refractivity contribution in [2.75, 3.05) is 19.6 Å². The normalized spacial score (nSPS) is 36.0. The Labute approximate surface area is 202 Å². The first kappa shape index (κ1) is 25.1. The summed E-state index contributed by atoms with van der Waals surface area (Å²) < 4.78 is 13.8. The average Bonchev–Trinajstić information content (AvgIpc) is 3.44. The van der Waals surface area contributed by atoms with Crippen LogP contribution in [0.2, 0.25) is 0 Å². The number of nitrogens with one attached hydrogen (secondary N) is 1. The van der Waals surface area contributed by atoms with Crippen molar-refractivity contribution in [3.05, 3.63) is 10.6 Å². The Morgan fingerprint density at radius 2 is 2.03 bits per heavy atom. The first-order chi connectivity index (χ1) is 16.0. The van der Waals surface area contributed by atoms with Gasteiger partial charge in [-0.15, -0.1) is 11.8 Å². The summed E-state index contributed by atoms with van der Waals surface area (Å²) in [5.41, 5.74) is 5.73. The fourth-order valence-electron chi connectivity index (χ4n) is 5.75. The Hall–Kier alpha value is -1.98. The van der Waals surface area contributed by atoms with Crippen LogP contribution in [0.1, 0.15) is 40.0 Å². The van der Waals surface area contributed by atoms with Gasteiger partial charge in [0.15, 0.2) is 0 Å². The van der Waals surface area contributed by atoms with Gasteiger partial charge >= 0.3 is 5.97 Å². The van der Waals surface area contributed by atoms with Crippen LogP contribution in [0.5, 0.6) is 0 Å². The molecule has 8 atom stereocenters. The number of ketones is 1. The highest BCUT2D eigenvalue weighted by molar-refractivity contribution is 8.03. The molecule has 3 fully saturated rings. The van der Waals surface area contributed by atoms with Gasteiger partial charge in [0.05, 0.1) is 30.6 Å². The molecule has 2 amide bonds. The predicted octanol–water partition coefficient (Wildman–Crippen LogP) is 0.736. The number of thioether (sulfide) groups is 1. The zero-order chi connectivity index (χ0) is 24.9. The number of fused-ring (bicyclic) bond motifs is 1. The first-order valence-electron chi connectivity index (χ1n) is 12.0. The molecule has 4 rings (SSSR count). The van der Waals surface area contributed by atoms with Crippen LogP contribution in [0.4, 0.5) is 4.39 Å². The SMILES string of the molecule is CCC(=O)C[C@H](C)[C@H]1C(=O)N2C(C(=O)O)=C(S[C@@H]3CN[C@H](C(=O)N4C[C@@H](F)[C@@H](N)C4)C3)[C@H](C)[C@H]12. The average molecular weight is 497 g/mol. The van der Waals surface area contributed by atoms with E-state index in [-0.39, 0.29) is 65.4 Å². The number of carbonyl (C=O) groups excluding carboxylic acids is 3. The van der Waals surface area contributed by atoms with Crippen molar-refractivity contribution in [1.29, 1.82) is 0 Å². The highest BCUT2D eigenvalue weighted by atomic mass is 32.2. The summed E-state index contributed by atoms with van der Waals surface area (Å²) in [4.78, 5) is 53.3. The summed E-state index contributed by atoms with van der Waals surface area (Å²) in [6.45, 7) is 6.31. The van der Waals surface area contributed by atoms with Crippen molar-refractivity contribution in [3.63, 3.8) is 0 Å². The number of carbonyl (C=O) groups is 4. The second-order valence-electron chi connectivity index (χ2n) is 9.96. The zero-order valence-corrected chi connectivity index (χ0v) is 20.5. The minimum Gasteiger partial charge on any atom is -0.477 e. The van der Waals surface area contributed by atoms with E-state index in [1.165, 1.54) is 21.6 Å². The van der Waals surface area contributed by atoms with Gasteiger partial charge in [0, 0.05) is 42.0 Å². The number of amides is 2. The van der Waals surface area contributed by atoms with E-state index in [1.54, 1.807) is 6.92 Å². The van der Waals surface area contributed by atoms with Crippen LogP contribution in [-0.2, 0) is 19.2 Å². The van der Waals surface area contributed by atoms with E-state index in [0.717, 1.165) is 0 Å². The van der Waals surface area contributed by atoms with Crippen LogP contribution in [0.3, 0.4) is 0 Å². The molecule has 0 spiro atoms. The molecule has 0 aromatic heterocycles. The van der Waals surface area contributed by atoms with Crippen molar-refractivity contribution >= 4 is 35.3 Å². The number of halogens is 1. The number of Topliss-reactive ketones (excluding diaryl/α,β-unsaturated/α-hetero) is 1. The van der Waals surface area contributed by atoms with Crippen molar-refractivity contribution in [2.45, 2.75) is 69.6 Å². The number of aliphatic carboxylic acids is 1. The first-order valence-corrected chi connectivity index (χ1v) is 12.8. The molecule has 4 N–H and O–H groups in total. The molecule has 3 saturated heterocycles. The van der Waals surface area contributed by atoms with Crippen molar-refractivity contribution in [3.8, 4) is 0 Å². The van der Waals surface area contributed by atoms with E-state index in [2.05, 4.69) is 5.32 Å². The summed E-state index contributed by atoms with van der Waals surface area (Å²) in [7, 11) is 0. The van der Waals surface area contributed by atoms with Crippen LogP contribution < -0.4 is 11.1 Å². The molecular weight excluding hydrogens is 463 g/mol. The molecule has 4 heterocycles. The maximum Gasteiger partial charge on any atom is 0.353 e. The number of nitrogens with two attached hydrogens (primary N) is 1. The van der Waals surface area contributed by atoms with Gasteiger partial charge < -0.3 is 26.0 Å². The molecule has 34 heavy (non-hydrogen) atoms. The second-order valence-corrected chi connectivity index (χ2v) is 11.3. The highest BCUT2D eigenvalue weighted by Gasteiger charge is 2.60. The number of alkyl halides is 1. The monoisotopic (exact) mass is 496 g/mol. The van der Waals surface area contributed by atoms with Crippen molar-refractivity contribution in [1.82, 2.24) is 15.1 Å². The summed E-state index contributed by atoms with van der Waals surface area (Å²) >= 11 is 1.41. The molecule has 4 aliphatic heterocycles. The van der Waals surface area contributed by atoms with E-state index < -0.39 is 24.2 Å². The fraction of sp³-hybridized carbons (Fsp3) is 0.739. The quantitative estimate of drug-likeness (QED) is 0.419. The Kier molecular flexibility index (Phi) is 7.08. The van der Waals surface area contributed by atoms with Crippen LogP contribution in [0, 0.1) is 17.8 Å². The Morgan fingerprint density at radius 3 is 2.62 bits per heavy atom. The van der Waals surface area contributed by atoms with Crippen LogP contribution in [0.15, 0.2) is 10.6 Å². The number of rotatable bonds is 8. The molecule has 0 saturated carbocycles. The smallest absolute Gasteiger partial charge is 0.353 e. The van der Waals surface area contributed by atoms with E-state index in [1.807, 2.05) is 13.8 Å². The van der Waals surface area contributed by atoms with Gasteiger partial charge in [-0.3, -0.25) is 14.4 Å². The van der Waals surface area contributed by atoms with E-state index in [4.69, 9.17) is 5.73 Å². The molecule has 9 nitrogen and oxygen atoms in total. The topological polar surface area (TPSA) is 133 Å². The molecule has 0 aromatic carbocycles. The number of carboxylic acid groups (broad SMARTS) is 1. The predicted molar refractivity (Wildman–Crippen MR) is 124 cm³/mol. The number of carboxylic acids is 1. The van der Waals surface area contributed by atoms with Gasteiger partial charge in [0.25, 0.3) is 0 Å². The largest absolute Gasteiger partial charge is 0.477 e. The third-order valence-corrected chi connectivity index (χ3v) is 9.14. The van der Waals surface area contributed by atoms with Crippen LogP contribution in [-0.4, -0.2) is 87.7 Å². The standard InChI is InChI=1S/C23H33FN4O5S/c1-4-12(29)5-10(2)17-18-11(3)20(19(23(32)33)28(18)22(17)31)34-13-6-16(26-7-13)21(30)27-8-14(24)15(25)9-27/h10-11,13-18,26H,4-9,25H2,1-3H3,(H,32,33)/t10-,11+,13-,14+,15-,16-,17+,18+/m0/s1. The molecule has 0 bridgehead atoms. The maximum absolute atomic E-state index is 13.8. The van der Waals surface area contributed by atoms with Crippen molar-refractivity contribution < 1.29 is 28.7 Å². The molecular formula is C23H33FN4O5S. The lowest BCUT2D eigenvalue weighted by Crippen LogP contribution is -2.62. The summed E-state index contributed by atoms with van der Waals surface area (Å²) in [5.74, 6) is -2.15. The second kappa shape index (κ2) is 9.58. The number of hydrogen-bond donors (Lipinski definition) is 3. The Balaban J connectivity index is 1.44. The number of likely N-dealkylation sites (tertiary alicyclic amines) is 1. The Bertz CT molecular complexity index is 919. The molecule has 4 aliphatic rings. The van der Waals surface area contributed by atoms with E-state index in [0.29, 0.717) is 30.7 Å². The molecule has 0 aromatic rings. The molecule has 0 radical (unpaired) electrons. The van der Waals surface area contributed by atoms with Crippen LogP contribution in [0.25, 0.3) is 0 Å². The molecule has 0 aliphatic carbocycles. The van der Waals surface area contributed by atoms with Crippen molar-refractivity contribution in [2.24, 2.45) is 23.5 Å². The van der Waals surface area contributed by atoms with Gasteiger partial charge in [0.2, 0.25) is 11.8 Å². The van der Waals surface area contributed by atoms with Crippen LogP contribution >= 0.6 is 11.8 Å². The number of nitrogens with zero attached hydrogens (tertiary/aromatic N) is 2. The van der Waals surface area contributed by atoms with Gasteiger partial charge in [-0.05, 0) is 12.3 Å². The van der Waals surface area contributed by atoms with Gasteiger partial charge in [0.1, 0.15) is 17.7 Å². The minimum absolute atomic E-state index is 0.000196. The molecule has 188 valence electrons. The fourth-order valence-corrected chi connectivity index (χ4v) is 7.23. The van der Waals surface area contributed by atoms with E-state index in [9.17, 15) is 28.7 Å². The number of β-lactam (4-membered cyclic amide) rings is 1. The van der Waals surface area contributed by atoms with Gasteiger partial charge in [-0.1, -0.05) is 20.8 Å². The van der Waals surface area contributed by atoms with E-state index >= 15 is 0 Å². The van der Waals surface area contributed by atoms with Gasteiger partial charge in [-0.25, -0.2) is 9.18 Å². The molecule has 0 unspecified atom stereocenters. The lowest BCUT2D eigenvalue weighted by molar-refractivity contribution is -0.160. The third kappa shape index (κ3) is 4.26. The summed E-state index contributed by atoms with van der Waals surface area (Å²) in [6.07, 6.45) is -0.00832. The minimum atomic E-state index is -1.22. The number of hydrogen-bond acceptors (Lipinski definition) is 7. The maximum atomic E-state index is 13.8. The Morgan fingerprint density at radius 1 is 1.32 bits per heavy atom. The third-order valence-electron chi connectivity index (χ3n) is 7.63. The zero-order valence-electron chi connectivity index (χ0n) is 19.7. The lowest BCUT2D eigenvalue weighted by atomic mass is 9.73. The lowest BCUT2D eigenvalue weighted by Gasteiger charge is -2.47. The summed E-state index contributed by atoms with van der Waals surface area (Å²) in [5, 5.41) is 13.0. The highest BCUT2D eigenvalue weighted by Crippen LogP contribution is 2.53.